The summed E-state index contributed by atoms with van der Waals surface area (Å²) < 4.78 is 5.44. The highest BCUT2D eigenvalue weighted by atomic mass is 16.5. The number of carbonyl (C=O) groups is 1. The quantitative estimate of drug-likeness (QED) is 0.778. The van der Waals surface area contributed by atoms with Crippen molar-refractivity contribution in [1.82, 2.24) is 10.6 Å². The minimum absolute atomic E-state index is 0.00667. The standard InChI is InChI=1S/C16H24N2O2/c1-13-4-6-15(7-5-13)16(19)18-9-8-17-11-14-3-2-10-20-12-14/h4-7,14,17H,2-3,8-12H2,1H3,(H,18,19). The first-order chi connectivity index (χ1) is 9.75. The second-order valence-electron chi connectivity index (χ2n) is 5.41. The van der Waals surface area contributed by atoms with Crippen molar-refractivity contribution in [2.75, 3.05) is 32.8 Å². The Labute approximate surface area is 120 Å². The zero-order valence-electron chi connectivity index (χ0n) is 12.2. The molecule has 0 bridgehead atoms. The molecule has 1 aromatic rings. The van der Waals surface area contributed by atoms with Crippen molar-refractivity contribution in [1.29, 1.82) is 0 Å². The van der Waals surface area contributed by atoms with Crippen molar-refractivity contribution in [2.45, 2.75) is 19.8 Å². The van der Waals surface area contributed by atoms with Gasteiger partial charge >= 0.3 is 0 Å². The Morgan fingerprint density at radius 2 is 2.10 bits per heavy atom. The Kier molecular flexibility index (Phi) is 6.02. The van der Waals surface area contributed by atoms with Crippen molar-refractivity contribution < 1.29 is 9.53 Å². The predicted octanol–water partition coefficient (Wildman–Crippen LogP) is 1.74. The molecule has 2 rings (SSSR count). The van der Waals surface area contributed by atoms with E-state index in [1.807, 2.05) is 31.2 Å². The summed E-state index contributed by atoms with van der Waals surface area (Å²) in [6.07, 6.45) is 2.40. The van der Waals surface area contributed by atoms with E-state index in [0.29, 0.717) is 12.5 Å². The van der Waals surface area contributed by atoms with Crippen LogP contribution in [0.1, 0.15) is 28.8 Å². The first-order valence-corrected chi connectivity index (χ1v) is 7.39. The number of hydrogen-bond donors (Lipinski definition) is 2. The van der Waals surface area contributed by atoms with Crippen molar-refractivity contribution >= 4 is 5.91 Å². The number of aryl methyl sites for hydroxylation is 1. The van der Waals surface area contributed by atoms with Crippen LogP contribution in [0.15, 0.2) is 24.3 Å². The van der Waals surface area contributed by atoms with Crippen LogP contribution in [0.4, 0.5) is 0 Å². The van der Waals surface area contributed by atoms with E-state index in [4.69, 9.17) is 4.74 Å². The molecule has 1 amide bonds. The van der Waals surface area contributed by atoms with E-state index in [9.17, 15) is 4.79 Å². The Bertz CT molecular complexity index is 411. The van der Waals surface area contributed by atoms with E-state index >= 15 is 0 Å². The number of amides is 1. The number of hydrogen-bond acceptors (Lipinski definition) is 3. The molecule has 1 saturated heterocycles. The molecule has 2 N–H and O–H groups in total. The fourth-order valence-corrected chi connectivity index (χ4v) is 2.35. The molecule has 0 aromatic heterocycles. The van der Waals surface area contributed by atoms with Gasteiger partial charge in [0.2, 0.25) is 0 Å². The number of carbonyl (C=O) groups excluding carboxylic acids is 1. The third-order valence-electron chi connectivity index (χ3n) is 3.59. The minimum Gasteiger partial charge on any atom is -0.381 e. The summed E-state index contributed by atoms with van der Waals surface area (Å²) in [4.78, 5) is 11.9. The SMILES string of the molecule is Cc1ccc(C(=O)NCCNCC2CCCOC2)cc1. The van der Waals surface area contributed by atoms with Gasteiger partial charge in [-0.2, -0.15) is 0 Å². The molecule has 4 nitrogen and oxygen atoms in total. The molecule has 20 heavy (non-hydrogen) atoms. The maximum absolute atomic E-state index is 11.9. The normalized spacial score (nSPS) is 18.8. The van der Waals surface area contributed by atoms with Gasteiger partial charge in [0, 0.05) is 31.8 Å². The van der Waals surface area contributed by atoms with E-state index in [0.717, 1.165) is 43.9 Å². The molecule has 1 atom stereocenters. The van der Waals surface area contributed by atoms with Crippen molar-refractivity contribution in [2.24, 2.45) is 5.92 Å². The van der Waals surface area contributed by atoms with Crippen LogP contribution >= 0.6 is 0 Å². The first kappa shape index (κ1) is 15.0. The molecule has 0 spiro atoms. The lowest BCUT2D eigenvalue weighted by atomic mass is 10.0. The molecule has 0 aliphatic carbocycles. The van der Waals surface area contributed by atoms with Gasteiger partial charge in [0.15, 0.2) is 0 Å². The minimum atomic E-state index is -0.00667. The van der Waals surface area contributed by atoms with Crippen LogP contribution in [-0.2, 0) is 4.74 Å². The summed E-state index contributed by atoms with van der Waals surface area (Å²) in [6, 6.07) is 7.63. The molecule has 1 aliphatic rings. The van der Waals surface area contributed by atoms with Gasteiger partial charge in [-0.25, -0.2) is 0 Å². The van der Waals surface area contributed by atoms with Gasteiger partial charge in [0.1, 0.15) is 0 Å². The monoisotopic (exact) mass is 276 g/mol. The molecule has 1 unspecified atom stereocenters. The molecule has 1 fully saturated rings. The Morgan fingerprint density at radius 3 is 2.80 bits per heavy atom. The number of ether oxygens (including phenoxy) is 1. The lowest BCUT2D eigenvalue weighted by Gasteiger charge is -2.22. The lowest BCUT2D eigenvalue weighted by Crippen LogP contribution is -2.35. The molecule has 4 heteroatoms. The van der Waals surface area contributed by atoms with Crippen molar-refractivity contribution in [3.8, 4) is 0 Å². The number of benzene rings is 1. The van der Waals surface area contributed by atoms with E-state index < -0.39 is 0 Å². The predicted molar refractivity (Wildman–Crippen MR) is 79.9 cm³/mol. The van der Waals surface area contributed by atoms with Gasteiger partial charge in [0.05, 0.1) is 6.61 Å². The third-order valence-corrected chi connectivity index (χ3v) is 3.59. The highest BCUT2D eigenvalue weighted by Gasteiger charge is 2.12. The zero-order chi connectivity index (χ0) is 14.2. The van der Waals surface area contributed by atoms with Gasteiger partial charge in [-0.3, -0.25) is 4.79 Å². The Hall–Kier alpha value is -1.39. The van der Waals surface area contributed by atoms with Crippen LogP contribution in [0.5, 0.6) is 0 Å². The molecular formula is C16H24N2O2. The molecule has 0 saturated carbocycles. The fourth-order valence-electron chi connectivity index (χ4n) is 2.35. The summed E-state index contributed by atoms with van der Waals surface area (Å²) >= 11 is 0. The molecule has 0 radical (unpaired) electrons. The van der Waals surface area contributed by atoms with Crippen molar-refractivity contribution in [3.05, 3.63) is 35.4 Å². The second kappa shape index (κ2) is 8.02. The van der Waals surface area contributed by atoms with E-state index in [-0.39, 0.29) is 5.91 Å². The van der Waals surface area contributed by atoms with Gasteiger partial charge < -0.3 is 15.4 Å². The van der Waals surface area contributed by atoms with Crippen LogP contribution in [0.2, 0.25) is 0 Å². The van der Waals surface area contributed by atoms with Crippen molar-refractivity contribution in [3.63, 3.8) is 0 Å². The van der Waals surface area contributed by atoms with E-state index in [1.165, 1.54) is 6.42 Å². The average Bonchev–Trinajstić information content (AvgIpc) is 2.48. The smallest absolute Gasteiger partial charge is 0.251 e. The molecule has 1 aromatic carbocycles. The number of nitrogens with one attached hydrogen (secondary N) is 2. The Morgan fingerprint density at radius 1 is 1.30 bits per heavy atom. The summed E-state index contributed by atoms with van der Waals surface area (Å²) in [6.45, 7) is 6.21. The number of rotatable bonds is 6. The lowest BCUT2D eigenvalue weighted by molar-refractivity contribution is 0.0549. The van der Waals surface area contributed by atoms with E-state index in [1.54, 1.807) is 0 Å². The summed E-state index contributed by atoms with van der Waals surface area (Å²) in [7, 11) is 0. The van der Waals surface area contributed by atoms with Crippen LogP contribution in [0.3, 0.4) is 0 Å². The molecule has 1 aliphatic heterocycles. The first-order valence-electron chi connectivity index (χ1n) is 7.39. The van der Waals surface area contributed by atoms with E-state index in [2.05, 4.69) is 10.6 Å². The van der Waals surface area contributed by atoms with Gasteiger partial charge in [-0.1, -0.05) is 17.7 Å². The van der Waals surface area contributed by atoms with Gasteiger partial charge in [0.25, 0.3) is 5.91 Å². The largest absolute Gasteiger partial charge is 0.381 e. The molecule has 110 valence electrons. The molecular weight excluding hydrogens is 252 g/mol. The van der Waals surface area contributed by atoms with Gasteiger partial charge in [-0.05, 0) is 37.8 Å². The third kappa shape index (κ3) is 4.94. The highest BCUT2D eigenvalue weighted by Crippen LogP contribution is 2.11. The van der Waals surface area contributed by atoms with Crippen LogP contribution < -0.4 is 10.6 Å². The van der Waals surface area contributed by atoms with Gasteiger partial charge in [-0.15, -0.1) is 0 Å². The second-order valence-corrected chi connectivity index (χ2v) is 5.41. The molecule has 1 heterocycles. The maximum atomic E-state index is 11.9. The average molecular weight is 276 g/mol. The van der Waals surface area contributed by atoms with Crippen LogP contribution in [0, 0.1) is 12.8 Å². The van der Waals surface area contributed by atoms with Crippen LogP contribution in [0.25, 0.3) is 0 Å². The summed E-state index contributed by atoms with van der Waals surface area (Å²) in [5, 5.41) is 6.30. The van der Waals surface area contributed by atoms with Crippen LogP contribution in [-0.4, -0.2) is 38.8 Å². The zero-order valence-corrected chi connectivity index (χ0v) is 12.2. The summed E-state index contributed by atoms with van der Waals surface area (Å²) in [5.41, 5.74) is 1.88. The maximum Gasteiger partial charge on any atom is 0.251 e. The summed E-state index contributed by atoms with van der Waals surface area (Å²) in [5.74, 6) is 0.615. The highest BCUT2D eigenvalue weighted by molar-refractivity contribution is 5.94. The fraction of sp³-hybridized carbons (Fsp3) is 0.562. The Balaban J connectivity index is 1.58. The topological polar surface area (TPSA) is 50.4 Å².